The predicted octanol–water partition coefficient (Wildman–Crippen LogP) is 0.458. The minimum atomic E-state index is -5.87. The molecule has 1 saturated heterocycles. The molecule has 0 spiro atoms. The van der Waals surface area contributed by atoms with Crippen LogP contribution >= 0.6 is 35.2 Å². The van der Waals surface area contributed by atoms with Crippen molar-refractivity contribution in [3.05, 3.63) is 63.0 Å². The van der Waals surface area contributed by atoms with E-state index in [9.17, 15) is 43.3 Å². The second-order valence-electron chi connectivity index (χ2n) is 8.04. The summed E-state index contributed by atoms with van der Waals surface area (Å²) in [6.45, 7) is -1.22. The zero-order chi connectivity index (χ0) is 31.5. The fraction of sp³-hybridized carbons (Fsp3) is 0.353. The number of benzene rings is 1. The molecule has 42 heavy (non-hydrogen) atoms. The number of nitrogens with zero attached hydrogens (tertiary/aromatic N) is 5. The van der Waals surface area contributed by atoms with Crippen molar-refractivity contribution >= 4 is 52.5 Å². The number of phosphoric acid groups is 3. The Morgan fingerprint density at radius 2 is 1.81 bits per heavy atom. The van der Waals surface area contributed by atoms with Crippen LogP contribution in [-0.2, 0) is 36.6 Å². The molecule has 1 aliphatic rings. The first-order chi connectivity index (χ1) is 19.4. The zero-order valence-electron chi connectivity index (χ0n) is 20.5. The second kappa shape index (κ2) is 13.0. The van der Waals surface area contributed by atoms with Crippen molar-refractivity contribution in [1.82, 2.24) is 9.55 Å². The highest BCUT2D eigenvalue weighted by atomic mass is 32.2. The number of carbonyl (C=O) groups excluding carboxylic acids is 1. The van der Waals surface area contributed by atoms with Gasteiger partial charge in [-0.25, -0.2) is 18.5 Å². The highest BCUT2D eigenvalue weighted by Crippen LogP contribution is 2.66. The first kappa shape index (κ1) is 34.0. The molecule has 2 heterocycles. The third-order valence-electron chi connectivity index (χ3n) is 5.15. The molecule has 2 aromatic rings. The van der Waals surface area contributed by atoms with Gasteiger partial charge in [-0.3, -0.25) is 13.9 Å². The molecule has 0 saturated carbocycles. The van der Waals surface area contributed by atoms with Crippen LogP contribution in [0.15, 0.2) is 46.4 Å². The van der Waals surface area contributed by atoms with Gasteiger partial charge in [-0.2, -0.15) is 13.6 Å². The highest BCUT2D eigenvalue weighted by molar-refractivity contribution is 8.00. The summed E-state index contributed by atoms with van der Waals surface area (Å²) in [5.74, 6) is -1.56. The van der Waals surface area contributed by atoms with Crippen molar-refractivity contribution in [1.29, 1.82) is 0 Å². The molecule has 0 radical (unpaired) electrons. The Bertz CT molecular complexity index is 1580. The number of nitrogens with two attached hydrogens (primary N) is 1. The number of nitrogen functional groups attached to an aromatic ring is 1. The summed E-state index contributed by atoms with van der Waals surface area (Å²) in [5.41, 5.74) is 13.0. The van der Waals surface area contributed by atoms with Crippen LogP contribution in [0, 0.1) is 0 Å². The van der Waals surface area contributed by atoms with E-state index in [-0.39, 0.29) is 5.56 Å². The molecule has 0 aliphatic carbocycles. The minimum Gasteiger partial charge on any atom is -0.387 e. The molecule has 2 unspecified atom stereocenters. The van der Waals surface area contributed by atoms with E-state index in [4.69, 9.17) is 25.8 Å². The number of phosphoric ester groups is 1. The molecule has 1 aliphatic heterocycles. The van der Waals surface area contributed by atoms with Crippen LogP contribution in [0.4, 0.5) is 11.5 Å². The topological polar surface area (TPSA) is 336 Å². The van der Waals surface area contributed by atoms with Gasteiger partial charge in [-0.15, -0.1) is 0 Å². The van der Waals surface area contributed by atoms with Crippen LogP contribution in [-0.4, -0.2) is 75.8 Å². The van der Waals surface area contributed by atoms with Crippen LogP contribution in [0.2, 0.25) is 0 Å². The molecule has 0 bridgehead atoms. The molecular formula is C17H21N6O15P3S. The molecule has 230 valence electrons. The summed E-state index contributed by atoms with van der Waals surface area (Å²) in [5, 5.41) is 22.6. The third kappa shape index (κ3) is 8.33. The van der Waals surface area contributed by atoms with Crippen LogP contribution in [0.3, 0.4) is 0 Å². The summed E-state index contributed by atoms with van der Waals surface area (Å²) >= 11 is 0.456. The van der Waals surface area contributed by atoms with Crippen molar-refractivity contribution in [3.8, 4) is 0 Å². The maximum atomic E-state index is 12.8. The van der Waals surface area contributed by atoms with E-state index >= 15 is 0 Å². The van der Waals surface area contributed by atoms with E-state index in [1.165, 1.54) is 12.1 Å². The quantitative estimate of drug-likeness (QED) is 0.0498. The summed E-state index contributed by atoms with van der Waals surface area (Å²) in [6, 6.07) is 7.72. The Kier molecular flexibility index (Phi) is 10.5. The molecule has 1 aromatic carbocycles. The smallest absolute Gasteiger partial charge is 0.387 e. The number of ketones is 1. The molecule has 8 N–H and O–H groups in total. The summed E-state index contributed by atoms with van der Waals surface area (Å²) < 4.78 is 52.4. The number of azide groups is 1. The second-order valence-corrected chi connectivity index (χ2v) is 13.6. The highest BCUT2D eigenvalue weighted by Gasteiger charge is 2.57. The van der Waals surface area contributed by atoms with Gasteiger partial charge < -0.3 is 40.3 Å². The third-order valence-corrected chi connectivity index (χ3v) is 10.3. The van der Waals surface area contributed by atoms with E-state index in [1.807, 2.05) is 0 Å². The normalized spacial score (nSPS) is 25.2. The van der Waals surface area contributed by atoms with Gasteiger partial charge in [0.25, 0.3) is 0 Å². The van der Waals surface area contributed by atoms with E-state index in [2.05, 4.69) is 28.2 Å². The zero-order valence-corrected chi connectivity index (χ0v) is 24.0. The minimum absolute atomic E-state index is 0.218. The fourth-order valence-electron chi connectivity index (χ4n) is 3.45. The Balaban J connectivity index is 1.94. The van der Waals surface area contributed by atoms with E-state index in [1.54, 1.807) is 18.2 Å². The van der Waals surface area contributed by atoms with Crippen LogP contribution in [0.5, 0.6) is 0 Å². The van der Waals surface area contributed by atoms with E-state index in [0.29, 0.717) is 16.3 Å². The first-order valence-electron chi connectivity index (χ1n) is 10.9. The lowest BCUT2D eigenvalue weighted by Crippen LogP contribution is -2.48. The van der Waals surface area contributed by atoms with Crippen LogP contribution in [0.25, 0.3) is 10.4 Å². The summed E-state index contributed by atoms with van der Waals surface area (Å²) in [4.78, 5) is 68.0. The van der Waals surface area contributed by atoms with Crippen molar-refractivity contribution in [2.45, 2.75) is 23.4 Å². The molecular weight excluding hydrogens is 653 g/mol. The van der Waals surface area contributed by atoms with Gasteiger partial charge in [0.2, 0.25) is 5.06 Å². The predicted molar refractivity (Wildman–Crippen MR) is 140 cm³/mol. The lowest BCUT2D eigenvalue weighted by Gasteiger charge is -2.33. The SMILES string of the molecule is [N-]=[N+]=Nc1cn([C@]2(SCC(=O)c3ccccc3)O[C@H](COP(=O)(O)OP(=O)(O)OP(=O)(O)O)[C@@H](O)[C@H]2O)c(=O)nc1N. The van der Waals surface area contributed by atoms with Gasteiger partial charge in [0.1, 0.15) is 24.1 Å². The average Bonchev–Trinajstić information content (AvgIpc) is 3.11. The van der Waals surface area contributed by atoms with Gasteiger partial charge in [0, 0.05) is 16.7 Å². The van der Waals surface area contributed by atoms with Gasteiger partial charge in [-0.05, 0) is 5.53 Å². The van der Waals surface area contributed by atoms with E-state index < -0.39 is 82.2 Å². The van der Waals surface area contributed by atoms with Gasteiger partial charge in [0.05, 0.1) is 18.0 Å². The Labute approximate surface area is 237 Å². The molecule has 3 rings (SSSR count). The number of aromatic nitrogens is 2. The number of carbonyl (C=O) groups is 1. The van der Waals surface area contributed by atoms with Gasteiger partial charge >= 0.3 is 29.2 Å². The maximum absolute atomic E-state index is 12.8. The molecule has 21 nitrogen and oxygen atoms in total. The largest absolute Gasteiger partial charge is 0.490 e. The van der Waals surface area contributed by atoms with Gasteiger partial charge in [-0.1, -0.05) is 47.2 Å². The number of aliphatic hydroxyl groups is 2. The maximum Gasteiger partial charge on any atom is 0.490 e. The van der Waals surface area contributed by atoms with Gasteiger partial charge in [0.15, 0.2) is 5.78 Å². The molecule has 1 fully saturated rings. The Hall–Kier alpha value is -2.48. The van der Waals surface area contributed by atoms with Crippen LogP contribution in [0.1, 0.15) is 10.4 Å². The number of anilines is 1. The number of hydrogen-bond donors (Lipinski definition) is 7. The van der Waals surface area contributed by atoms with E-state index in [0.717, 1.165) is 6.20 Å². The molecule has 25 heteroatoms. The van der Waals surface area contributed by atoms with Crippen molar-refractivity contribution in [3.63, 3.8) is 0 Å². The Morgan fingerprint density at radius 3 is 2.40 bits per heavy atom. The van der Waals surface area contributed by atoms with Crippen molar-refractivity contribution < 1.29 is 66.2 Å². The number of rotatable bonds is 13. The van der Waals surface area contributed by atoms with Crippen LogP contribution < -0.4 is 11.4 Å². The molecule has 6 atom stereocenters. The lowest BCUT2D eigenvalue weighted by atomic mass is 10.1. The Morgan fingerprint density at radius 1 is 1.17 bits per heavy atom. The number of Topliss-reactive ketones (excluding diaryl/α,β-unsaturated/α-hetero) is 1. The molecule has 1 aromatic heterocycles. The van der Waals surface area contributed by atoms with Crippen molar-refractivity contribution in [2.75, 3.05) is 18.1 Å². The number of thioether (sulfide) groups is 1. The first-order valence-corrected chi connectivity index (χ1v) is 16.4. The summed E-state index contributed by atoms with van der Waals surface area (Å²) in [7, 11) is -17.2. The van der Waals surface area contributed by atoms with Crippen molar-refractivity contribution in [2.24, 2.45) is 5.11 Å². The monoisotopic (exact) mass is 674 g/mol. The summed E-state index contributed by atoms with van der Waals surface area (Å²) in [6.07, 6.45) is -5.24. The number of hydrogen-bond acceptors (Lipinski definition) is 15. The number of ether oxygens (including phenoxy) is 1. The molecule has 0 amide bonds. The number of aliphatic hydroxyl groups excluding tert-OH is 2. The fourth-order valence-corrected chi connectivity index (χ4v) is 7.76. The standard InChI is InChI=1S/C17H21N6O15P3S/c18-15-10(21-22-19)6-23(16(27)20-15)17(42-8-11(24)9-4-2-1-3-5-9)14(26)13(25)12(36-17)7-35-40(31,32)38-41(33,34)37-39(28,29)30/h1-6,12-14,25-26H,7-8H2,(H,31,32)(H,33,34)(H2,18,20,27)(H2,28,29,30)/t12-,13-,14-,17+/m1/s1. The lowest BCUT2D eigenvalue weighted by molar-refractivity contribution is -0.0809. The average molecular weight is 674 g/mol.